The number of allylic oxidation sites excluding steroid dienone is 2. The van der Waals surface area contributed by atoms with Crippen LogP contribution in [-0.2, 0) is 9.84 Å². The molecule has 2 aliphatic carbocycles. The van der Waals surface area contributed by atoms with Crippen molar-refractivity contribution >= 4 is 9.84 Å². The maximum Gasteiger partial charge on any atom is 0.348 e. The summed E-state index contributed by atoms with van der Waals surface area (Å²) < 4.78 is 26.1. The summed E-state index contributed by atoms with van der Waals surface area (Å²) in [5, 5.41) is 44.6. The highest BCUT2D eigenvalue weighted by atomic mass is 32.2. The van der Waals surface area contributed by atoms with Crippen LogP contribution in [0.2, 0.25) is 0 Å². The van der Waals surface area contributed by atoms with E-state index in [1.807, 2.05) is 0 Å². The van der Waals surface area contributed by atoms with E-state index in [-0.39, 0.29) is 0 Å². The average Bonchev–Trinajstić information content (AvgIpc) is 2.60. The van der Waals surface area contributed by atoms with Gasteiger partial charge >= 0.3 is 19.6 Å². The quantitative estimate of drug-likeness (QED) is 0.446. The summed E-state index contributed by atoms with van der Waals surface area (Å²) in [5.41, 5.74) is -1.21. The summed E-state index contributed by atoms with van der Waals surface area (Å²) in [6.45, 7) is 0. The van der Waals surface area contributed by atoms with Gasteiger partial charge in [0, 0.05) is 46.3 Å². The monoisotopic (exact) mass is 402 g/mol. The lowest BCUT2D eigenvalue weighted by Crippen LogP contribution is -2.58. The van der Waals surface area contributed by atoms with Gasteiger partial charge in [0.25, 0.3) is 11.4 Å². The lowest BCUT2D eigenvalue weighted by Gasteiger charge is -2.29. The molecule has 0 radical (unpaired) electrons. The number of sulfone groups is 1. The second kappa shape index (κ2) is 6.35. The molecule has 0 fully saturated rings. The molecule has 2 rings (SSSR count). The minimum Gasteiger partial charge on any atom is -0.263 e. The summed E-state index contributed by atoms with van der Waals surface area (Å²) in [5.74, 6) is 0. The van der Waals surface area contributed by atoms with Gasteiger partial charge in [0.1, 0.15) is 0 Å². The molecule has 0 saturated heterocycles. The van der Waals surface area contributed by atoms with Crippen molar-refractivity contribution in [2.24, 2.45) is 0 Å². The van der Waals surface area contributed by atoms with E-state index < -0.39 is 63.5 Å². The fourth-order valence-electron chi connectivity index (χ4n) is 2.65. The molecule has 27 heavy (non-hydrogen) atoms. The molecule has 0 amide bonds. The number of rotatable bonds is 6. The zero-order chi connectivity index (χ0) is 20.6. The van der Waals surface area contributed by atoms with Crippen LogP contribution in [0.25, 0.3) is 0 Å². The van der Waals surface area contributed by atoms with Crippen molar-refractivity contribution in [3.63, 3.8) is 0 Å². The first-order chi connectivity index (χ1) is 12.4. The first kappa shape index (κ1) is 19.8. The highest BCUT2D eigenvalue weighted by Gasteiger charge is 2.70. The summed E-state index contributed by atoms with van der Waals surface area (Å²) in [7, 11) is -5.31. The molecule has 144 valence electrons. The van der Waals surface area contributed by atoms with Gasteiger partial charge in [-0.15, -0.1) is 0 Å². The SMILES string of the molecule is O=[N+]([O-])C1=CCC([N+](=O)[O-])(S(=O)(=O)C2([N+](=O)[O-])C=CC([N+](=O)[O-])=CC2)C=C1. The molecule has 2 aliphatic rings. The van der Waals surface area contributed by atoms with E-state index in [0.29, 0.717) is 36.5 Å². The van der Waals surface area contributed by atoms with Crippen LogP contribution in [0.5, 0.6) is 0 Å². The van der Waals surface area contributed by atoms with Crippen LogP contribution in [0, 0.1) is 40.5 Å². The Morgan fingerprint density at radius 3 is 1.26 bits per heavy atom. The van der Waals surface area contributed by atoms with Gasteiger partial charge in [0.05, 0.1) is 22.7 Å². The lowest BCUT2D eigenvalue weighted by atomic mass is 10.1. The molecule has 2 unspecified atom stereocenters. The van der Waals surface area contributed by atoms with Gasteiger partial charge in [-0.25, -0.2) is 8.42 Å². The van der Waals surface area contributed by atoms with Crippen molar-refractivity contribution in [2.45, 2.75) is 22.6 Å². The molecule has 14 nitrogen and oxygen atoms in total. The smallest absolute Gasteiger partial charge is 0.263 e. The highest BCUT2D eigenvalue weighted by Crippen LogP contribution is 2.42. The Balaban J connectivity index is 2.63. The first-order valence-electron chi connectivity index (χ1n) is 7.02. The van der Waals surface area contributed by atoms with Crippen molar-refractivity contribution < 1.29 is 28.1 Å². The highest BCUT2D eigenvalue weighted by molar-refractivity contribution is 7.94. The number of nitrogens with zero attached hydrogens (tertiary/aromatic N) is 4. The normalized spacial score (nSPS) is 27.4. The molecule has 0 aromatic heterocycles. The van der Waals surface area contributed by atoms with Gasteiger partial charge in [0.15, 0.2) is 0 Å². The predicted octanol–water partition coefficient (Wildman–Crippen LogP) is 0.588. The van der Waals surface area contributed by atoms with Crippen molar-refractivity contribution in [1.82, 2.24) is 0 Å². The van der Waals surface area contributed by atoms with Crippen molar-refractivity contribution in [2.75, 3.05) is 0 Å². The molecule has 0 aliphatic heterocycles. The van der Waals surface area contributed by atoms with Gasteiger partial charge in [-0.05, 0) is 0 Å². The fraction of sp³-hybridized carbons (Fsp3) is 0.333. The zero-order valence-corrected chi connectivity index (χ0v) is 14.0. The Morgan fingerprint density at radius 2 is 1.07 bits per heavy atom. The lowest BCUT2D eigenvalue weighted by molar-refractivity contribution is -0.543. The molecule has 0 aromatic carbocycles. The second-order valence-electron chi connectivity index (χ2n) is 5.55. The third-order valence-electron chi connectivity index (χ3n) is 4.21. The molecule has 2 atom stereocenters. The maximum absolute atomic E-state index is 13.0. The Labute approximate surface area is 149 Å². The summed E-state index contributed by atoms with van der Waals surface area (Å²) >= 11 is 0. The van der Waals surface area contributed by atoms with Crippen LogP contribution in [0.1, 0.15) is 12.8 Å². The Morgan fingerprint density at radius 1 is 0.741 bits per heavy atom. The Hall–Kier alpha value is -3.49. The van der Waals surface area contributed by atoms with Gasteiger partial charge in [-0.3, -0.25) is 40.5 Å². The third-order valence-corrected chi connectivity index (χ3v) is 6.97. The van der Waals surface area contributed by atoms with Crippen molar-refractivity contribution in [3.8, 4) is 0 Å². The number of hydrogen-bond donors (Lipinski definition) is 0. The van der Waals surface area contributed by atoms with E-state index in [9.17, 15) is 48.9 Å². The van der Waals surface area contributed by atoms with Crippen LogP contribution >= 0.6 is 0 Å². The molecule has 15 heteroatoms. The zero-order valence-electron chi connectivity index (χ0n) is 13.2. The molecule has 0 N–H and O–H groups in total. The first-order valence-corrected chi connectivity index (χ1v) is 8.50. The molecular weight excluding hydrogens is 392 g/mol. The van der Waals surface area contributed by atoms with E-state index in [1.165, 1.54) is 0 Å². The van der Waals surface area contributed by atoms with E-state index in [4.69, 9.17) is 0 Å². The van der Waals surface area contributed by atoms with E-state index >= 15 is 0 Å². The largest absolute Gasteiger partial charge is 0.348 e. The molecule has 0 aromatic rings. The number of nitro groups is 4. The summed E-state index contributed by atoms with van der Waals surface area (Å²) in [4.78, 5) is 34.2. The molecular formula is C12H10N4O10S. The maximum atomic E-state index is 13.0. The molecule has 0 bridgehead atoms. The van der Waals surface area contributed by atoms with Crippen LogP contribution in [0.3, 0.4) is 0 Å². The minimum absolute atomic E-state index is 0.423. The van der Waals surface area contributed by atoms with Gasteiger partial charge in [-0.2, -0.15) is 0 Å². The van der Waals surface area contributed by atoms with Crippen LogP contribution in [0.4, 0.5) is 0 Å². The molecule has 0 spiro atoms. The number of hydrogen-bond acceptors (Lipinski definition) is 10. The van der Waals surface area contributed by atoms with E-state index in [1.54, 1.807) is 0 Å². The molecule has 0 saturated carbocycles. The van der Waals surface area contributed by atoms with Crippen molar-refractivity contribution in [1.29, 1.82) is 0 Å². The van der Waals surface area contributed by atoms with Crippen LogP contribution in [-0.4, -0.2) is 37.9 Å². The standard InChI is InChI=1S/C12H10N4O10S/c17-13(18)9-1-5-11(6-2-9,15(21)22)27(25,26)12(16(23)24)7-3-10(4-8-12)14(19)20/h1-5,7H,6,8H2. The van der Waals surface area contributed by atoms with E-state index in [0.717, 1.165) is 0 Å². The van der Waals surface area contributed by atoms with E-state index in [2.05, 4.69) is 0 Å². The average molecular weight is 402 g/mol. The molecule has 0 heterocycles. The predicted molar refractivity (Wildman–Crippen MR) is 86.0 cm³/mol. The van der Waals surface area contributed by atoms with Gasteiger partial charge < -0.3 is 0 Å². The second-order valence-corrected chi connectivity index (χ2v) is 7.98. The third kappa shape index (κ3) is 2.77. The minimum atomic E-state index is -5.31. The Bertz CT molecular complexity index is 906. The van der Waals surface area contributed by atoms with Gasteiger partial charge in [-0.1, -0.05) is 0 Å². The van der Waals surface area contributed by atoms with Gasteiger partial charge in [0.2, 0.25) is 0 Å². The van der Waals surface area contributed by atoms with Crippen molar-refractivity contribution in [3.05, 3.63) is 88.3 Å². The fourth-order valence-corrected chi connectivity index (χ4v) is 4.75. The van der Waals surface area contributed by atoms with Crippen LogP contribution in [0.15, 0.2) is 47.9 Å². The summed E-state index contributed by atoms with van der Waals surface area (Å²) in [6, 6.07) is 0. The van der Waals surface area contributed by atoms with Crippen LogP contribution < -0.4 is 0 Å². The topological polar surface area (TPSA) is 207 Å². The summed E-state index contributed by atoms with van der Waals surface area (Å²) in [6.07, 6.45) is 1.36. The Kier molecular flexibility index (Phi) is 4.66.